The molecule has 98 heavy (non-hydrogen) atoms. The van der Waals surface area contributed by atoms with E-state index in [0.717, 1.165) is 107 Å². The monoisotopic (exact) mass is 1390 g/mol. The van der Waals surface area contributed by atoms with Gasteiger partial charge in [-0.25, -0.2) is 4.57 Å². The number of amides is 3. The third kappa shape index (κ3) is 43.6. The van der Waals surface area contributed by atoms with Gasteiger partial charge in [0.15, 0.2) is 5.79 Å². The third-order valence-corrected chi connectivity index (χ3v) is 19.4. The first kappa shape index (κ1) is 85.4. The van der Waals surface area contributed by atoms with Gasteiger partial charge < -0.3 is 39.6 Å². The van der Waals surface area contributed by atoms with E-state index in [4.69, 9.17) is 37.3 Å². The number of unbranched alkanes of at least 4 members (excludes halogenated alkanes) is 25. The average Bonchev–Trinajstić information content (AvgIpc) is 1.46. The van der Waals surface area contributed by atoms with Crippen LogP contribution in [0.3, 0.4) is 0 Å². The molecule has 0 saturated carbocycles. The highest BCUT2D eigenvalue weighted by atomic mass is 31.2. The van der Waals surface area contributed by atoms with Gasteiger partial charge in [0.2, 0.25) is 17.7 Å². The van der Waals surface area contributed by atoms with Gasteiger partial charge in [-0.05, 0) is 81.9 Å². The molecule has 0 bridgehead atoms. The number of hydrogen-bond donors (Lipinski definition) is 3. The molecule has 0 spiro atoms. The van der Waals surface area contributed by atoms with Crippen molar-refractivity contribution in [1.82, 2.24) is 16.0 Å². The summed E-state index contributed by atoms with van der Waals surface area (Å²) < 4.78 is 62.3. The van der Waals surface area contributed by atoms with E-state index in [1.165, 1.54) is 103 Å². The second-order valence-corrected chi connectivity index (χ2v) is 29.2. The van der Waals surface area contributed by atoms with Crippen molar-refractivity contribution in [2.45, 2.75) is 341 Å². The molecule has 5 atom stereocenters. The van der Waals surface area contributed by atoms with Gasteiger partial charge in [-0.2, -0.15) is 0 Å². The Kier molecular flexibility index (Phi) is 47.7. The first-order chi connectivity index (χ1) is 47.7. The minimum atomic E-state index is -4.27. The molecule has 3 aromatic carbocycles. The number of benzene rings is 3. The second kappa shape index (κ2) is 54.7. The van der Waals surface area contributed by atoms with Gasteiger partial charge in [0.1, 0.15) is 18.8 Å². The van der Waals surface area contributed by atoms with E-state index in [1.54, 1.807) is 0 Å². The Labute approximate surface area is 591 Å². The molecule has 18 heteroatoms. The van der Waals surface area contributed by atoms with Crippen molar-refractivity contribution in [1.29, 1.82) is 0 Å². The standard InChI is InChI=1S/C80H130N3O14P/c1-6-9-12-15-18-21-24-27-39-52-71(90-62-67-45-33-30-34-46-67)60-75(84)82-70(65-91-77(86)55-43-42-54-73-66-92-80(4,5)97-73)51-44-58-81-79(88)74(57-59-93-98(89,94-63-68-47-35-31-36-48-68)95-64-69-49-37-32-38-50-69)83-76(85)61-72(53-40-28-25-22-19-16-13-10-7-2)96-78(87)56-41-29-26-23-20-17-14-11-8-3/h30-38,45-50,70-74H,6-29,39-44,51-66H2,1-5H3,(H,81,88)(H,82,84)(H,83,85)/t70-,71+,72-,73?,74+/m1/s1. The normalized spacial score (nSPS) is 14.9. The quantitative estimate of drug-likeness (QED) is 0.0273. The highest BCUT2D eigenvalue weighted by molar-refractivity contribution is 7.48. The lowest BCUT2D eigenvalue weighted by Gasteiger charge is -2.23. The van der Waals surface area contributed by atoms with Crippen molar-refractivity contribution >= 4 is 37.5 Å². The van der Waals surface area contributed by atoms with E-state index >= 15 is 0 Å². The SMILES string of the molecule is CCCCCCCCCCCC(=O)O[C@H](CCCCCCCCCCC)CC(=O)N[C@@H](CCOP(=O)(OCc1ccccc1)OCc1ccccc1)C(=O)NCCC[C@H](COC(=O)CCCCC1COC(C)(C)O1)NC(=O)C[C@H](CCCCCCCCCCC)OCc1ccccc1. The summed E-state index contributed by atoms with van der Waals surface area (Å²) in [6.45, 7) is 11.0. The third-order valence-electron chi connectivity index (χ3n) is 18.0. The molecule has 1 unspecified atom stereocenters. The van der Waals surface area contributed by atoms with Gasteiger partial charge in [0, 0.05) is 25.8 Å². The predicted molar refractivity (Wildman–Crippen MR) is 391 cm³/mol. The maximum absolute atomic E-state index is 14.5. The molecule has 0 radical (unpaired) electrons. The van der Waals surface area contributed by atoms with E-state index in [9.17, 15) is 28.5 Å². The molecular formula is C80H130N3O14P. The molecule has 17 nitrogen and oxygen atoms in total. The van der Waals surface area contributed by atoms with Crippen LogP contribution in [0, 0.1) is 0 Å². The lowest BCUT2D eigenvalue weighted by molar-refractivity contribution is -0.151. The Bertz CT molecular complexity index is 2520. The fraction of sp³-hybridized carbons (Fsp3) is 0.713. The lowest BCUT2D eigenvalue weighted by Crippen LogP contribution is -2.48. The number of esters is 2. The van der Waals surface area contributed by atoms with Crippen molar-refractivity contribution in [3.05, 3.63) is 108 Å². The van der Waals surface area contributed by atoms with Gasteiger partial charge in [-0.1, -0.05) is 279 Å². The lowest BCUT2D eigenvalue weighted by atomic mass is 10.0. The van der Waals surface area contributed by atoms with E-state index in [1.807, 2.05) is 105 Å². The topological polar surface area (TPSA) is 212 Å². The van der Waals surface area contributed by atoms with Gasteiger partial charge >= 0.3 is 19.8 Å². The van der Waals surface area contributed by atoms with Crippen LogP contribution in [0.25, 0.3) is 0 Å². The summed E-state index contributed by atoms with van der Waals surface area (Å²) in [5.41, 5.74) is 2.52. The number of phosphoric acid groups is 1. The summed E-state index contributed by atoms with van der Waals surface area (Å²) in [4.78, 5) is 69.8. The predicted octanol–water partition coefficient (Wildman–Crippen LogP) is 19.1. The number of rotatable bonds is 62. The summed E-state index contributed by atoms with van der Waals surface area (Å²) in [7, 11) is -4.27. The van der Waals surface area contributed by atoms with Gasteiger partial charge in [-0.3, -0.25) is 37.5 Å². The highest BCUT2D eigenvalue weighted by Gasteiger charge is 2.33. The van der Waals surface area contributed by atoms with E-state index < -0.39 is 43.6 Å². The van der Waals surface area contributed by atoms with E-state index in [-0.39, 0.29) is 95.1 Å². The summed E-state index contributed by atoms with van der Waals surface area (Å²) in [6.07, 6.45) is 34.0. The van der Waals surface area contributed by atoms with Crippen molar-refractivity contribution in [3.8, 4) is 0 Å². The van der Waals surface area contributed by atoms with Gasteiger partial charge in [-0.15, -0.1) is 0 Å². The summed E-state index contributed by atoms with van der Waals surface area (Å²) in [5.74, 6) is -2.55. The first-order valence-electron chi connectivity index (χ1n) is 38.5. The molecule has 1 fully saturated rings. The molecule has 3 N–H and O–H groups in total. The Balaban J connectivity index is 1.49. The summed E-state index contributed by atoms with van der Waals surface area (Å²) in [5, 5.41) is 9.09. The summed E-state index contributed by atoms with van der Waals surface area (Å²) in [6, 6.07) is 26.6. The molecule has 0 aliphatic carbocycles. The number of ether oxygens (including phenoxy) is 5. The molecule has 0 aromatic heterocycles. The average molecular weight is 1390 g/mol. The minimum absolute atomic E-state index is 0.0305. The molecular weight excluding hydrogens is 1260 g/mol. The Morgan fingerprint density at radius 3 is 1.46 bits per heavy atom. The Morgan fingerprint density at radius 2 is 0.949 bits per heavy atom. The van der Waals surface area contributed by atoms with Crippen LogP contribution in [-0.4, -0.2) is 92.2 Å². The number of hydrogen-bond acceptors (Lipinski definition) is 14. The van der Waals surface area contributed by atoms with Crippen LogP contribution in [0.5, 0.6) is 0 Å². The molecule has 1 aliphatic rings. The van der Waals surface area contributed by atoms with Crippen LogP contribution in [0.4, 0.5) is 0 Å². The second-order valence-electron chi connectivity index (χ2n) is 27.5. The van der Waals surface area contributed by atoms with Crippen LogP contribution in [0.2, 0.25) is 0 Å². The van der Waals surface area contributed by atoms with Crippen LogP contribution >= 0.6 is 7.82 Å². The van der Waals surface area contributed by atoms with Crippen LogP contribution in [-0.2, 0) is 85.6 Å². The molecule has 554 valence electrons. The van der Waals surface area contributed by atoms with E-state index in [2.05, 4.69) is 36.7 Å². The molecule has 4 rings (SSSR count). The van der Waals surface area contributed by atoms with Crippen molar-refractivity contribution in [2.24, 2.45) is 0 Å². The zero-order valence-electron chi connectivity index (χ0n) is 61.2. The van der Waals surface area contributed by atoms with Gasteiger partial charge in [0.05, 0.1) is 64.1 Å². The fourth-order valence-electron chi connectivity index (χ4n) is 12.2. The zero-order chi connectivity index (χ0) is 70.4. The Morgan fingerprint density at radius 1 is 0.500 bits per heavy atom. The fourth-order valence-corrected chi connectivity index (χ4v) is 13.4. The number of carbonyl (C=O) groups excluding carboxylic acids is 5. The minimum Gasteiger partial charge on any atom is -0.463 e. The van der Waals surface area contributed by atoms with E-state index in [0.29, 0.717) is 38.9 Å². The van der Waals surface area contributed by atoms with Crippen molar-refractivity contribution < 1.29 is 65.8 Å². The van der Waals surface area contributed by atoms with Crippen molar-refractivity contribution in [3.63, 3.8) is 0 Å². The van der Waals surface area contributed by atoms with Crippen LogP contribution in [0.15, 0.2) is 91.0 Å². The molecule has 3 aromatic rings. The molecule has 3 amide bonds. The van der Waals surface area contributed by atoms with Gasteiger partial charge in [0.25, 0.3) is 0 Å². The number of carbonyl (C=O) groups is 5. The maximum atomic E-state index is 14.5. The smallest absolute Gasteiger partial charge is 0.463 e. The maximum Gasteiger partial charge on any atom is 0.475 e. The van der Waals surface area contributed by atoms with Crippen molar-refractivity contribution in [2.75, 3.05) is 26.4 Å². The number of phosphoric ester groups is 1. The molecule has 1 aliphatic heterocycles. The number of nitrogens with one attached hydrogen (secondary N) is 3. The highest BCUT2D eigenvalue weighted by Crippen LogP contribution is 2.51. The zero-order valence-corrected chi connectivity index (χ0v) is 62.1. The molecule has 1 heterocycles. The summed E-state index contributed by atoms with van der Waals surface area (Å²) >= 11 is 0. The van der Waals surface area contributed by atoms with Crippen LogP contribution in [0.1, 0.15) is 302 Å². The Hall–Kier alpha value is -5.00. The largest absolute Gasteiger partial charge is 0.475 e. The molecule has 1 saturated heterocycles. The van der Waals surface area contributed by atoms with Crippen LogP contribution < -0.4 is 16.0 Å². The first-order valence-corrected chi connectivity index (χ1v) is 39.9.